The number of benzene rings is 1. The largest absolute Gasteiger partial charge is 0.341 e. The predicted octanol–water partition coefficient (Wildman–Crippen LogP) is 3.67. The predicted molar refractivity (Wildman–Crippen MR) is 98.8 cm³/mol. The summed E-state index contributed by atoms with van der Waals surface area (Å²) < 4.78 is 13.3. The van der Waals surface area contributed by atoms with Gasteiger partial charge in [0.05, 0.1) is 0 Å². The van der Waals surface area contributed by atoms with Crippen LogP contribution in [0.25, 0.3) is 0 Å². The van der Waals surface area contributed by atoms with Gasteiger partial charge >= 0.3 is 0 Å². The highest BCUT2D eigenvalue weighted by Gasteiger charge is 2.12. The number of amides is 1. The second-order valence-corrected chi connectivity index (χ2v) is 5.90. The van der Waals surface area contributed by atoms with E-state index in [0.717, 1.165) is 12.0 Å². The van der Waals surface area contributed by atoms with Crippen LogP contribution < -0.4 is 5.32 Å². The highest BCUT2D eigenvalue weighted by molar-refractivity contribution is 5.94. The first-order valence-electron chi connectivity index (χ1n) is 8.25. The van der Waals surface area contributed by atoms with Crippen molar-refractivity contribution in [2.24, 2.45) is 0 Å². The molecule has 0 aliphatic heterocycles. The molecule has 0 aliphatic carbocycles. The van der Waals surface area contributed by atoms with Crippen molar-refractivity contribution in [1.82, 2.24) is 14.9 Å². The molecular formula is C20H19FN4O. The van der Waals surface area contributed by atoms with E-state index < -0.39 is 0 Å². The van der Waals surface area contributed by atoms with Crippen molar-refractivity contribution in [3.8, 4) is 0 Å². The Morgan fingerprint density at radius 3 is 2.69 bits per heavy atom. The van der Waals surface area contributed by atoms with E-state index >= 15 is 0 Å². The van der Waals surface area contributed by atoms with Crippen LogP contribution in [-0.4, -0.2) is 34.4 Å². The molecule has 0 spiro atoms. The fourth-order valence-corrected chi connectivity index (χ4v) is 2.51. The van der Waals surface area contributed by atoms with Gasteiger partial charge in [0, 0.05) is 43.4 Å². The van der Waals surface area contributed by atoms with Crippen LogP contribution in [0.4, 0.5) is 15.9 Å². The zero-order valence-electron chi connectivity index (χ0n) is 14.4. The molecule has 26 heavy (non-hydrogen) atoms. The van der Waals surface area contributed by atoms with E-state index in [-0.39, 0.29) is 11.7 Å². The first-order chi connectivity index (χ1) is 12.6. The number of pyridine rings is 2. The number of nitrogens with one attached hydrogen (secondary N) is 1. The lowest BCUT2D eigenvalue weighted by Crippen LogP contribution is -2.28. The summed E-state index contributed by atoms with van der Waals surface area (Å²) in [4.78, 5) is 22.5. The van der Waals surface area contributed by atoms with Gasteiger partial charge in [-0.2, -0.15) is 0 Å². The van der Waals surface area contributed by atoms with Gasteiger partial charge in [0.1, 0.15) is 11.6 Å². The zero-order chi connectivity index (χ0) is 18.4. The van der Waals surface area contributed by atoms with E-state index in [1.807, 2.05) is 12.1 Å². The molecule has 1 amide bonds. The Balaban J connectivity index is 1.65. The first kappa shape index (κ1) is 17.5. The molecule has 3 aromatic rings. The van der Waals surface area contributed by atoms with Crippen molar-refractivity contribution in [2.45, 2.75) is 6.42 Å². The molecule has 132 valence electrons. The van der Waals surface area contributed by atoms with Crippen LogP contribution in [0.3, 0.4) is 0 Å². The third kappa shape index (κ3) is 4.63. The molecule has 6 heteroatoms. The number of anilines is 2. The van der Waals surface area contributed by atoms with Crippen LogP contribution in [0.15, 0.2) is 67.1 Å². The van der Waals surface area contributed by atoms with Crippen molar-refractivity contribution in [3.05, 3.63) is 84.1 Å². The summed E-state index contributed by atoms with van der Waals surface area (Å²) >= 11 is 0. The lowest BCUT2D eigenvalue weighted by atomic mass is 10.2. The smallest absolute Gasteiger partial charge is 0.253 e. The van der Waals surface area contributed by atoms with Crippen LogP contribution in [0.1, 0.15) is 15.9 Å². The molecule has 0 saturated carbocycles. The minimum atomic E-state index is -0.335. The second kappa shape index (κ2) is 8.20. The molecule has 0 fully saturated rings. The van der Waals surface area contributed by atoms with Gasteiger partial charge in [-0.3, -0.25) is 9.78 Å². The van der Waals surface area contributed by atoms with Crippen molar-refractivity contribution >= 4 is 17.4 Å². The standard InChI is InChI=1S/C20H19FN4O/c1-25(12-8-15-5-9-22-10-6-15)20(26)16-7-11-23-19(13-16)24-18-4-2-3-17(21)14-18/h2-7,9-11,13-14H,8,12H2,1H3,(H,23,24). The maximum Gasteiger partial charge on any atom is 0.253 e. The highest BCUT2D eigenvalue weighted by atomic mass is 19.1. The average molecular weight is 350 g/mol. The van der Waals surface area contributed by atoms with Gasteiger partial charge in [0.2, 0.25) is 0 Å². The number of rotatable bonds is 6. The SMILES string of the molecule is CN(CCc1ccncc1)C(=O)c1ccnc(Nc2cccc(F)c2)c1. The maximum atomic E-state index is 13.3. The van der Waals surface area contributed by atoms with E-state index in [1.165, 1.54) is 12.1 Å². The number of carbonyl (C=O) groups excluding carboxylic acids is 1. The van der Waals surface area contributed by atoms with Gasteiger partial charge in [-0.1, -0.05) is 6.07 Å². The van der Waals surface area contributed by atoms with Crippen molar-refractivity contribution in [2.75, 3.05) is 18.9 Å². The summed E-state index contributed by atoms with van der Waals surface area (Å²) in [7, 11) is 1.77. The van der Waals surface area contributed by atoms with E-state index in [9.17, 15) is 9.18 Å². The molecule has 0 unspecified atom stereocenters. The minimum absolute atomic E-state index is 0.0938. The third-order valence-electron chi connectivity index (χ3n) is 3.94. The average Bonchev–Trinajstić information content (AvgIpc) is 2.66. The van der Waals surface area contributed by atoms with E-state index in [2.05, 4.69) is 15.3 Å². The Hall–Kier alpha value is -3.28. The van der Waals surface area contributed by atoms with Crippen molar-refractivity contribution in [3.63, 3.8) is 0 Å². The Labute approximate surface area is 151 Å². The molecule has 5 nitrogen and oxygen atoms in total. The summed E-state index contributed by atoms with van der Waals surface area (Å²) in [5, 5.41) is 3.01. The monoisotopic (exact) mass is 350 g/mol. The zero-order valence-corrected chi connectivity index (χ0v) is 14.4. The second-order valence-electron chi connectivity index (χ2n) is 5.90. The number of likely N-dealkylation sites (N-methyl/N-ethyl adjacent to an activating group) is 1. The summed E-state index contributed by atoms with van der Waals surface area (Å²) in [6.45, 7) is 0.595. The number of halogens is 1. The summed E-state index contributed by atoms with van der Waals surface area (Å²) in [5.41, 5.74) is 2.23. The molecule has 1 aromatic carbocycles. The van der Waals surface area contributed by atoms with Gasteiger partial charge in [-0.25, -0.2) is 9.37 Å². The molecule has 0 saturated heterocycles. The highest BCUT2D eigenvalue weighted by Crippen LogP contribution is 2.17. The molecule has 0 atom stereocenters. The topological polar surface area (TPSA) is 58.1 Å². The van der Waals surface area contributed by atoms with Crippen LogP contribution >= 0.6 is 0 Å². The van der Waals surface area contributed by atoms with Gasteiger partial charge < -0.3 is 10.2 Å². The van der Waals surface area contributed by atoms with Crippen LogP contribution in [0, 0.1) is 5.82 Å². The molecule has 1 N–H and O–H groups in total. The van der Waals surface area contributed by atoms with E-state index in [4.69, 9.17) is 0 Å². The summed E-state index contributed by atoms with van der Waals surface area (Å²) in [6, 6.07) is 13.3. The number of nitrogens with zero attached hydrogens (tertiary/aromatic N) is 3. The molecule has 3 rings (SSSR count). The lowest BCUT2D eigenvalue weighted by Gasteiger charge is -2.17. The molecule has 0 aliphatic rings. The summed E-state index contributed by atoms with van der Waals surface area (Å²) in [6.07, 6.45) is 5.80. The number of aromatic nitrogens is 2. The van der Waals surface area contributed by atoms with Crippen molar-refractivity contribution in [1.29, 1.82) is 0 Å². The number of carbonyl (C=O) groups is 1. The van der Waals surface area contributed by atoms with Gasteiger partial charge in [-0.15, -0.1) is 0 Å². The molecule has 0 radical (unpaired) electrons. The maximum absolute atomic E-state index is 13.3. The Morgan fingerprint density at radius 1 is 1.12 bits per heavy atom. The van der Waals surface area contributed by atoms with Crippen LogP contribution in [0.2, 0.25) is 0 Å². The van der Waals surface area contributed by atoms with Gasteiger partial charge in [-0.05, 0) is 54.4 Å². The number of hydrogen-bond acceptors (Lipinski definition) is 4. The Morgan fingerprint density at radius 2 is 1.92 bits per heavy atom. The fourth-order valence-electron chi connectivity index (χ4n) is 2.51. The number of hydrogen-bond donors (Lipinski definition) is 1. The van der Waals surface area contributed by atoms with Crippen LogP contribution in [0.5, 0.6) is 0 Å². The summed E-state index contributed by atoms with van der Waals surface area (Å²) in [5.74, 6) is 0.0609. The minimum Gasteiger partial charge on any atom is -0.341 e. The van der Waals surface area contributed by atoms with E-state index in [0.29, 0.717) is 23.6 Å². The van der Waals surface area contributed by atoms with Crippen LogP contribution in [-0.2, 0) is 6.42 Å². The lowest BCUT2D eigenvalue weighted by molar-refractivity contribution is 0.0796. The molecule has 2 aromatic heterocycles. The third-order valence-corrected chi connectivity index (χ3v) is 3.94. The Bertz CT molecular complexity index is 886. The quantitative estimate of drug-likeness (QED) is 0.737. The van der Waals surface area contributed by atoms with Crippen molar-refractivity contribution < 1.29 is 9.18 Å². The van der Waals surface area contributed by atoms with Gasteiger partial charge in [0.25, 0.3) is 5.91 Å². The first-order valence-corrected chi connectivity index (χ1v) is 8.25. The fraction of sp³-hybridized carbons (Fsp3) is 0.150. The van der Waals surface area contributed by atoms with E-state index in [1.54, 1.807) is 54.8 Å². The molecule has 0 bridgehead atoms. The Kier molecular flexibility index (Phi) is 5.53. The normalized spacial score (nSPS) is 10.4. The molecular weight excluding hydrogens is 331 g/mol. The molecule has 2 heterocycles. The van der Waals surface area contributed by atoms with Gasteiger partial charge in [0.15, 0.2) is 0 Å².